The van der Waals surface area contributed by atoms with Crippen LogP contribution in [0.5, 0.6) is 0 Å². The van der Waals surface area contributed by atoms with Crippen LogP contribution in [0.4, 0.5) is 0 Å². The third-order valence-electron chi connectivity index (χ3n) is 4.26. The second-order valence-electron chi connectivity index (χ2n) is 5.89. The highest BCUT2D eigenvalue weighted by Gasteiger charge is 2.23. The zero-order chi connectivity index (χ0) is 16.7. The molecule has 4 rings (SSSR count). The SMILES string of the molecule is Cc1nnc2n1C[C@@H](NC(=O)Cn1cnc3sccc3c1=O)CC2. The Morgan fingerprint density at radius 1 is 1.46 bits per heavy atom. The van der Waals surface area contributed by atoms with E-state index in [2.05, 4.69) is 20.5 Å². The van der Waals surface area contributed by atoms with Gasteiger partial charge in [-0.3, -0.25) is 14.2 Å². The Labute approximate surface area is 141 Å². The summed E-state index contributed by atoms with van der Waals surface area (Å²) in [4.78, 5) is 29.5. The summed E-state index contributed by atoms with van der Waals surface area (Å²) in [6.45, 7) is 2.54. The first-order valence-corrected chi connectivity index (χ1v) is 8.60. The van der Waals surface area contributed by atoms with Gasteiger partial charge < -0.3 is 9.88 Å². The second-order valence-corrected chi connectivity index (χ2v) is 6.79. The van der Waals surface area contributed by atoms with Crippen molar-refractivity contribution in [3.05, 3.63) is 39.8 Å². The summed E-state index contributed by atoms with van der Waals surface area (Å²) in [6, 6.07) is 1.76. The first-order chi connectivity index (χ1) is 11.6. The summed E-state index contributed by atoms with van der Waals surface area (Å²) in [6.07, 6.45) is 3.04. The van der Waals surface area contributed by atoms with Crippen molar-refractivity contribution in [2.45, 2.75) is 38.9 Å². The lowest BCUT2D eigenvalue weighted by molar-refractivity contribution is -0.122. The van der Waals surface area contributed by atoms with Crippen LogP contribution in [0, 0.1) is 6.92 Å². The van der Waals surface area contributed by atoms with Crippen LogP contribution < -0.4 is 10.9 Å². The number of aromatic nitrogens is 5. The van der Waals surface area contributed by atoms with Crippen LogP contribution >= 0.6 is 11.3 Å². The van der Waals surface area contributed by atoms with Gasteiger partial charge >= 0.3 is 0 Å². The van der Waals surface area contributed by atoms with E-state index in [0.717, 1.165) is 24.5 Å². The Kier molecular flexibility index (Phi) is 3.64. The molecule has 1 aliphatic heterocycles. The van der Waals surface area contributed by atoms with Crippen LogP contribution in [0.1, 0.15) is 18.1 Å². The van der Waals surface area contributed by atoms with E-state index in [1.165, 1.54) is 22.2 Å². The number of carbonyl (C=O) groups is 1. The molecule has 0 aliphatic carbocycles. The van der Waals surface area contributed by atoms with Gasteiger partial charge in [-0.1, -0.05) is 0 Å². The molecular formula is C15H16N6O2S. The maximum Gasteiger partial charge on any atom is 0.262 e. The highest BCUT2D eigenvalue weighted by atomic mass is 32.1. The Hall–Kier alpha value is -2.55. The normalized spacial score (nSPS) is 17.0. The smallest absolute Gasteiger partial charge is 0.262 e. The molecule has 3 aromatic rings. The molecule has 0 bridgehead atoms. The maximum absolute atomic E-state index is 12.3. The van der Waals surface area contributed by atoms with Crippen LogP contribution in [0.3, 0.4) is 0 Å². The third kappa shape index (κ3) is 2.60. The van der Waals surface area contributed by atoms with Gasteiger partial charge in [0.25, 0.3) is 5.56 Å². The topological polar surface area (TPSA) is 94.7 Å². The van der Waals surface area contributed by atoms with E-state index in [0.29, 0.717) is 16.8 Å². The minimum atomic E-state index is -0.187. The molecule has 1 N–H and O–H groups in total. The van der Waals surface area contributed by atoms with Crippen molar-refractivity contribution in [2.24, 2.45) is 0 Å². The average molecular weight is 344 g/mol. The predicted molar refractivity (Wildman–Crippen MR) is 88.9 cm³/mol. The van der Waals surface area contributed by atoms with E-state index < -0.39 is 0 Å². The number of hydrogen-bond acceptors (Lipinski definition) is 6. The Morgan fingerprint density at radius 3 is 3.21 bits per heavy atom. The number of rotatable bonds is 3. The maximum atomic E-state index is 12.3. The van der Waals surface area contributed by atoms with Gasteiger partial charge in [-0.05, 0) is 24.8 Å². The van der Waals surface area contributed by atoms with Crippen LogP contribution in [0.2, 0.25) is 0 Å². The quantitative estimate of drug-likeness (QED) is 0.746. The third-order valence-corrected chi connectivity index (χ3v) is 5.08. The van der Waals surface area contributed by atoms with Crippen molar-refractivity contribution < 1.29 is 4.79 Å². The number of thiophene rings is 1. The fourth-order valence-electron chi connectivity index (χ4n) is 3.01. The number of hydrogen-bond donors (Lipinski definition) is 1. The van der Waals surface area contributed by atoms with Gasteiger partial charge in [0.1, 0.15) is 23.0 Å². The number of nitrogens with zero attached hydrogens (tertiary/aromatic N) is 5. The molecule has 0 saturated heterocycles. The second kappa shape index (κ2) is 5.82. The molecule has 1 aliphatic rings. The molecule has 4 heterocycles. The summed E-state index contributed by atoms with van der Waals surface area (Å²) in [5, 5.41) is 13.6. The first-order valence-electron chi connectivity index (χ1n) is 7.72. The molecule has 0 fully saturated rings. The Morgan fingerprint density at radius 2 is 2.33 bits per heavy atom. The van der Waals surface area contributed by atoms with Gasteiger partial charge in [-0.2, -0.15) is 0 Å². The van der Waals surface area contributed by atoms with E-state index in [-0.39, 0.29) is 24.1 Å². The van der Waals surface area contributed by atoms with E-state index in [4.69, 9.17) is 0 Å². The fraction of sp³-hybridized carbons (Fsp3) is 0.400. The number of amides is 1. The summed E-state index contributed by atoms with van der Waals surface area (Å²) >= 11 is 1.41. The molecule has 24 heavy (non-hydrogen) atoms. The van der Waals surface area contributed by atoms with Crippen LogP contribution in [-0.4, -0.2) is 36.3 Å². The molecule has 0 unspecified atom stereocenters. The van der Waals surface area contributed by atoms with Crippen molar-refractivity contribution in [2.75, 3.05) is 0 Å². The van der Waals surface area contributed by atoms with E-state index >= 15 is 0 Å². The van der Waals surface area contributed by atoms with Crippen LogP contribution in [0.15, 0.2) is 22.6 Å². The zero-order valence-corrected chi connectivity index (χ0v) is 13.9. The molecule has 1 atom stereocenters. The fourth-order valence-corrected chi connectivity index (χ4v) is 3.74. The highest BCUT2D eigenvalue weighted by Crippen LogP contribution is 2.15. The summed E-state index contributed by atoms with van der Waals surface area (Å²) < 4.78 is 3.38. The van der Waals surface area contributed by atoms with Crippen molar-refractivity contribution in [1.29, 1.82) is 0 Å². The molecule has 0 saturated carbocycles. The molecule has 3 aromatic heterocycles. The van der Waals surface area contributed by atoms with Crippen LogP contribution in [0.25, 0.3) is 10.2 Å². The first kappa shape index (κ1) is 15.0. The predicted octanol–water partition coefficient (Wildman–Crippen LogP) is 0.489. The lowest BCUT2D eigenvalue weighted by Gasteiger charge is -2.25. The summed E-state index contributed by atoms with van der Waals surface area (Å²) in [5.41, 5.74) is -0.183. The minimum Gasteiger partial charge on any atom is -0.350 e. The van der Waals surface area contributed by atoms with Gasteiger partial charge in [0.05, 0.1) is 11.7 Å². The van der Waals surface area contributed by atoms with Crippen molar-refractivity contribution in [1.82, 2.24) is 29.6 Å². The molecule has 9 heteroatoms. The Balaban J connectivity index is 1.46. The lowest BCUT2D eigenvalue weighted by atomic mass is 10.1. The molecule has 0 radical (unpaired) electrons. The summed E-state index contributed by atoms with van der Waals surface area (Å²) in [5.74, 6) is 1.63. The molecular weight excluding hydrogens is 328 g/mol. The standard InChI is InChI=1S/C15H16N6O2S/c1-9-18-19-12-3-2-10(6-21(9)12)17-13(22)7-20-8-16-14-11(15(20)23)4-5-24-14/h4-5,8,10H,2-3,6-7H2,1H3,(H,17,22)/t10-/m0/s1. The number of nitrogens with one attached hydrogen (secondary N) is 1. The number of carbonyl (C=O) groups excluding carboxylic acids is 1. The highest BCUT2D eigenvalue weighted by molar-refractivity contribution is 7.16. The van der Waals surface area contributed by atoms with E-state index in [9.17, 15) is 9.59 Å². The van der Waals surface area contributed by atoms with Crippen molar-refractivity contribution in [3.8, 4) is 0 Å². The minimum absolute atomic E-state index is 0.0215. The largest absolute Gasteiger partial charge is 0.350 e. The molecule has 0 aromatic carbocycles. The Bertz CT molecular complexity index is 972. The van der Waals surface area contributed by atoms with Gasteiger partial charge in [0, 0.05) is 19.0 Å². The lowest BCUT2D eigenvalue weighted by Crippen LogP contribution is -2.43. The van der Waals surface area contributed by atoms with Crippen molar-refractivity contribution >= 4 is 27.5 Å². The van der Waals surface area contributed by atoms with Gasteiger partial charge in [-0.25, -0.2) is 4.98 Å². The van der Waals surface area contributed by atoms with E-state index in [1.54, 1.807) is 6.07 Å². The molecule has 124 valence electrons. The zero-order valence-electron chi connectivity index (χ0n) is 13.1. The summed E-state index contributed by atoms with van der Waals surface area (Å²) in [7, 11) is 0. The average Bonchev–Trinajstić information content (AvgIpc) is 3.18. The molecule has 1 amide bonds. The van der Waals surface area contributed by atoms with Crippen molar-refractivity contribution in [3.63, 3.8) is 0 Å². The number of fused-ring (bicyclic) bond motifs is 2. The van der Waals surface area contributed by atoms with Gasteiger partial charge in [-0.15, -0.1) is 21.5 Å². The monoisotopic (exact) mass is 344 g/mol. The molecule has 8 nitrogen and oxygen atoms in total. The number of aryl methyl sites for hydroxylation is 2. The van der Waals surface area contributed by atoms with E-state index in [1.807, 2.05) is 16.9 Å². The van der Waals surface area contributed by atoms with Crippen LogP contribution in [-0.2, 0) is 24.3 Å². The van der Waals surface area contributed by atoms with Gasteiger partial charge in [0.15, 0.2) is 0 Å². The molecule has 0 spiro atoms. The van der Waals surface area contributed by atoms with Gasteiger partial charge in [0.2, 0.25) is 5.91 Å².